The van der Waals surface area contributed by atoms with Crippen LogP contribution in [0.2, 0.25) is 5.02 Å². The van der Waals surface area contributed by atoms with Crippen LogP contribution in [0.1, 0.15) is 122 Å². The molecule has 2 unspecified atom stereocenters. The molecule has 378 valence electrons. The van der Waals surface area contributed by atoms with Gasteiger partial charge in [0.1, 0.15) is 34.8 Å². The summed E-state index contributed by atoms with van der Waals surface area (Å²) in [7, 11) is 0. The molecule has 3 aliphatic rings. The molecule has 6 atom stereocenters. The third kappa shape index (κ3) is 10.8. The first-order valence-electron chi connectivity index (χ1n) is 24.8. The van der Waals surface area contributed by atoms with Crippen LogP contribution in [-0.4, -0.2) is 96.1 Å². The molecule has 0 bridgehead atoms. The lowest BCUT2D eigenvalue weighted by Gasteiger charge is -2.38. The number of oxazole rings is 1. The summed E-state index contributed by atoms with van der Waals surface area (Å²) in [6, 6.07) is 21.3. The summed E-state index contributed by atoms with van der Waals surface area (Å²) in [6.45, 7) is 18.2. The van der Waals surface area contributed by atoms with Crippen molar-refractivity contribution in [2.24, 2.45) is 10.4 Å². The first-order chi connectivity index (χ1) is 34.3. The number of ether oxygens (including phenoxy) is 1. The van der Waals surface area contributed by atoms with Gasteiger partial charge in [0.25, 0.3) is 0 Å². The first-order valence-corrected chi connectivity index (χ1v) is 26.0. The molecule has 3 amide bonds. The molecule has 1 saturated heterocycles. The van der Waals surface area contributed by atoms with E-state index < -0.39 is 23.6 Å². The predicted molar refractivity (Wildman–Crippen MR) is 279 cm³/mol. The highest BCUT2D eigenvalue weighted by Gasteiger charge is 2.44. The molecule has 3 aromatic heterocycles. The second-order valence-corrected chi connectivity index (χ2v) is 22.4. The lowest BCUT2D eigenvalue weighted by molar-refractivity contribution is -0.140. The van der Waals surface area contributed by atoms with Crippen molar-refractivity contribution in [2.45, 2.75) is 143 Å². The number of nitrogens with one attached hydrogen (secondary N) is 3. The third-order valence-electron chi connectivity index (χ3n) is 14.3. The molecule has 0 radical (unpaired) electrons. The molecular formula is C55H64ClN9O6S. The number of rotatable bonds is 15. The molecule has 2 aliphatic heterocycles. The van der Waals surface area contributed by atoms with Crippen LogP contribution in [0.3, 0.4) is 0 Å². The number of amides is 3. The Hall–Kier alpha value is -6.20. The molecule has 6 aromatic rings. The van der Waals surface area contributed by atoms with E-state index in [9.17, 15) is 19.5 Å². The zero-order valence-corrected chi connectivity index (χ0v) is 43.9. The van der Waals surface area contributed by atoms with Gasteiger partial charge in [-0.1, -0.05) is 80.9 Å². The molecule has 72 heavy (non-hydrogen) atoms. The summed E-state index contributed by atoms with van der Waals surface area (Å²) in [5.41, 5.74) is 6.88. The molecule has 1 saturated carbocycles. The molecule has 5 heterocycles. The fourth-order valence-electron chi connectivity index (χ4n) is 10.1. The van der Waals surface area contributed by atoms with E-state index in [4.69, 9.17) is 25.7 Å². The van der Waals surface area contributed by atoms with Crippen molar-refractivity contribution in [1.82, 2.24) is 40.6 Å². The van der Waals surface area contributed by atoms with Gasteiger partial charge in [-0.15, -0.1) is 21.5 Å². The minimum atomic E-state index is -0.817. The highest BCUT2D eigenvalue weighted by molar-refractivity contribution is 7.15. The number of aromatic nitrogens is 4. The highest BCUT2D eigenvalue weighted by atomic mass is 35.5. The van der Waals surface area contributed by atoms with E-state index in [0.29, 0.717) is 35.9 Å². The fraction of sp³-hybridized carbons (Fsp3) is 0.436. The number of likely N-dealkylation sites (tertiary alicyclic amines) is 1. The Balaban J connectivity index is 0.768. The van der Waals surface area contributed by atoms with Gasteiger partial charge in [0.2, 0.25) is 17.7 Å². The number of hydrogen-bond donors (Lipinski definition) is 4. The maximum atomic E-state index is 14.4. The Kier molecular flexibility index (Phi) is 14.6. The predicted octanol–water partition coefficient (Wildman–Crippen LogP) is 8.65. The highest BCUT2D eigenvalue weighted by Crippen LogP contribution is 2.40. The minimum absolute atomic E-state index is 0.0390. The van der Waals surface area contributed by atoms with Crippen LogP contribution in [0.15, 0.2) is 88.6 Å². The lowest BCUT2D eigenvalue weighted by Crippen LogP contribution is -2.58. The van der Waals surface area contributed by atoms with Crippen LogP contribution >= 0.6 is 22.9 Å². The van der Waals surface area contributed by atoms with Crippen molar-refractivity contribution in [2.75, 3.05) is 6.54 Å². The Morgan fingerprint density at radius 2 is 1.61 bits per heavy atom. The van der Waals surface area contributed by atoms with Gasteiger partial charge in [-0.2, -0.15) is 0 Å². The van der Waals surface area contributed by atoms with Crippen LogP contribution in [0, 0.1) is 33.1 Å². The quantitative estimate of drug-likeness (QED) is 0.0775. The largest absolute Gasteiger partial charge is 0.490 e. The molecule has 0 spiro atoms. The van der Waals surface area contributed by atoms with Gasteiger partial charge < -0.3 is 35.1 Å². The molecule has 3 aromatic carbocycles. The number of thiophene rings is 1. The standard InChI is InChI=1S/C55H64ClN9O6S/c1-29-33(5)72-54-48(29)49(37-16-18-39(56)19-17-37)60-44(52-63-62-34(6)65(52)54)26-47(68)59-40-23-43(24-40)71-42-20-10-35(11-21-42)22-46(67)61-51(55(7,8)9)53(69)64-27-41(66)25-45(64)31(3)58-30(2)36-12-14-38(15-13-36)50-32(4)57-28-70-50/h10-21,28,30-31,40-41,43-45,51,58,66H,22-27H2,1-9H3,(H,59,68)(H,61,67)/t30-,31?,40-,41+,43-,44-,45?,51+/m0/s1. The number of nitrogens with zero attached hydrogens (tertiary/aromatic N) is 6. The van der Waals surface area contributed by atoms with Crippen LogP contribution in [-0.2, 0) is 20.8 Å². The van der Waals surface area contributed by atoms with E-state index in [1.54, 1.807) is 16.2 Å². The number of fused-ring (bicyclic) bond motifs is 3. The van der Waals surface area contributed by atoms with Gasteiger partial charge in [0.15, 0.2) is 18.0 Å². The Morgan fingerprint density at radius 3 is 2.28 bits per heavy atom. The van der Waals surface area contributed by atoms with Crippen molar-refractivity contribution >= 4 is 46.4 Å². The number of benzene rings is 3. The second-order valence-electron chi connectivity index (χ2n) is 20.8. The number of β-amino-alcohol motifs (C(OH)–C–C–N with tert-alkyl or cyclic N) is 1. The smallest absolute Gasteiger partial charge is 0.246 e. The maximum absolute atomic E-state index is 14.4. The van der Waals surface area contributed by atoms with Gasteiger partial charge in [-0.3, -0.25) is 23.9 Å². The second kappa shape index (κ2) is 20.7. The normalized spacial score (nSPS) is 20.8. The monoisotopic (exact) mass is 1010 g/mol. The maximum Gasteiger partial charge on any atom is 0.246 e. The van der Waals surface area contributed by atoms with Crippen molar-refractivity contribution in [3.05, 3.63) is 134 Å². The van der Waals surface area contributed by atoms with E-state index in [1.165, 1.54) is 11.3 Å². The average Bonchev–Trinajstić information content (AvgIpc) is 4.10. The SMILES string of the molecule is Cc1ncoc1-c1ccc([C@H](C)NC(C)C2C[C@@H](O)CN2C(=O)[C@@H](NC(=O)Cc2ccc(O[C@H]3C[C@H](NC(=O)C[C@@H]4N=C(c5ccc(Cl)cc5)c5c(sc(C)c5C)-n5c(C)nnc54)C3)cc2)C(C)(C)C)cc1. The van der Waals surface area contributed by atoms with Crippen LogP contribution in [0.5, 0.6) is 5.75 Å². The van der Waals surface area contributed by atoms with Crippen molar-refractivity contribution in [3.8, 4) is 22.1 Å². The summed E-state index contributed by atoms with van der Waals surface area (Å²) in [5.74, 6) is 2.16. The molecule has 15 nitrogen and oxygen atoms in total. The van der Waals surface area contributed by atoms with Crippen LogP contribution < -0.4 is 20.7 Å². The van der Waals surface area contributed by atoms with Crippen molar-refractivity contribution < 1.29 is 28.6 Å². The number of aliphatic imine (C=N–C) groups is 1. The number of aliphatic hydroxyl groups is 1. The summed E-state index contributed by atoms with van der Waals surface area (Å²) >= 11 is 7.95. The van der Waals surface area contributed by atoms with Gasteiger partial charge in [0.05, 0.1) is 30.4 Å². The lowest BCUT2D eigenvalue weighted by atomic mass is 9.85. The zero-order chi connectivity index (χ0) is 51.2. The topological polar surface area (TPSA) is 189 Å². The number of carbonyl (C=O) groups excluding carboxylic acids is 3. The Morgan fingerprint density at radius 1 is 0.917 bits per heavy atom. The van der Waals surface area contributed by atoms with Gasteiger partial charge in [-0.25, -0.2) is 4.98 Å². The van der Waals surface area contributed by atoms with Gasteiger partial charge >= 0.3 is 0 Å². The van der Waals surface area contributed by atoms with E-state index in [0.717, 1.165) is 61.4 Å². The summed E-state index contributed by atoms with van der Waals surface area (Å²) in [5, 5.41) is 31.4. The number of carbonyl (C=O) groups is 3. The number of aryl methyl sites for hydroxylation is 3. The third-order valence-corrected chi connectivity index (χ3v) is 15.8. The van der Waals surface area contributed by atoms with E-state index >= 15 is 0 Å². The van der Waals surface area contributed by atoms with Crippen LogP contribution in [0.25, 0.3) is 16.3 Å². The Labute approximate surface area is 429 Å². The number of aliphatic hydroxyl groups excluding tert-OH is 1. The van der Waals surface area contributed by atoms with Gasteiger partial charge in [0, 0.05) is 70.1 Å². The fourth-order valence-corrected chi connectivity index (χ4v) is 11.5. The molecular weight excluding hydrogens is 950 g/mol. The first kappa shape index (κ1) is 50.7. The van der Waals surface area contributed by atoms with E-state index in [-0.39, 0.29) is 67.4 Å². The number of hydrogen-bond acceptors (Lipinski definition) is 12. The van der Waals surface area contributed by atoms with Crippen LogP contribution in [0.4, 0.5) is 0 Å². The molecule has 2 fully saturated rings. The van der Waals surface area contributed by atoms with E-state index in [1.807, 2.05) is 107 Å². The Bertz CT molecular complexity index is 2970. The van der Waals surface area contributed by atoms with E-state index in [2.05, 4.69) is 64.0 Å². The summed E-state index contributed by atoms with van der Waals surface area (Å²) in [4.78, 5) is 54.1. The minimum Gasteiger partial charge on any atom is -0.490 e. The van der Waals surface area contributed by atoms with Crippen molar-refractivity contribution in [3.63, 3.8) is 0 Å². The van der Waals surface area contributed by atoms with Gasteiger partial charge in [-0.05, 0) is 94.3 Å². The number of halogens is 1. The summed E-state index contributed by atoms with van der Waals surface area (Å²) < 4.78 is 13.9. The average molecular weight is 1010 g/mol. The van der Waals surface area contributed by atoms with Crippen molar-refractivity contribution in [1.29, 1.82) is 0 Å². The molecule has 17 heteroatoms. The molecule has 1 aliphatic carbocycles. The zero-order valence-electron chi connectivity index (χ0n) is 42.3. The molecule has 4 N–H and O–H groups in total. The summed E-state index contributed by atoms with van der Waals surface area (Å²) in [6.07, 6.45) is 2.58. The molecule has 9 rings (SSSR count).